The normalized spacial score (nSPS) is 22.2. The van der Waals surface area contributed by atoms with Crippen LogP contribution in [0.4, 0.5) is 0 Å². The molecule has 6 heteroatoms. The van der Waals surface area contributed by atoms with Gasteiger partial charge in [0.2, 0.25) is 17.7 Å². The van der Waals surface area contributed by atoms with E-state index in [4.69, 9.17) is 5.73 Å². The van der Waals surface area contributed by atoms with Gasteiger partial charge < -0.3 is 10.6 Å². The zero-order valence-corrected chi connectivity index (χ0v) is 12.0. The standard InChI is InChI=1S/C13H23N3O3/c1-5-8-12(19)15-10(17)7-16(8)11(18)6-9(14)13(2,3)4/h8-9H,5-7,14H2,1-4H3,(H,15,17,19). The SMILES string of the molecule is CCC1C(=O)NC(=O)CN1C(=O)CC(N)C(C)(C)C. The second-order valence-corrected chi connectivity index (χ2v) is 6.03. The summed E-state index contributed by atoms with van der Waals surface area (Å²) >= 11 is 0. The summed E-state index contributed by atoms with van der Waals surface area (Å²) < 4.78 is 0. The molecular weight excluding hydrogens is 246 g/mol. The van der Waals surface area contributed by atoms with Crippen LogP contribution >= 0.6 is 0 Å². The fraction of sp³-hybridized carbons (Fsp3) is 0.769. The van der Waals surface area contributed by atoms with Gasteiger partial charge in [-0.15, -0.1) is 0 Å². The molecule has 0 radical (unpaired) electrons. The number of carbonyl (C=O) groups is 3. The van der Waals surface area contributed by atoms with Crippen molar-refractivity contribution in [3.8, 4) is 0 Å². The first-order chi connectivity index (χ1) is 8.66. The molecule has 0 aromatic rings. The van der Waals surface area contributed by atoms with Crippen LogP contribution in [0.2, 0.25) is 0 Å². The van der Waals surface area contributed by atoms with E-state index >= 15 is 0 Å². The lowest BCUT2D eigenvalue weighted by molar-refractivity contribution is -0.150. The Bertz CT molecular complexity index is 387. The van der Waals surface area contributed by atoms with Gasteiger partial charge in [-0.25, -0.2) is 0 Å². The first kappa shape index (κ1) is 15.6. The molecule has 1 aliphatic heterocycles. The summed E-state index contributed by atoms with van der Waals surface area (Å²) in [6, 6.07) is -0.880. The first-order valence-corrected chi connectivity index (χ1v) is 6.55. The van der Waals surface area contributed by atoms with Crippen molar-refractivity contribution in [1.29, 1.82) is 0 Å². The van der Waals surface area contributed by atoms with Crippen molar-refractivity contribution >= 4 is 17.7 Å². The Hall–Kier alpha value is -1.43. The van der Waals surface area contributed by atoms with Crippen LogP contribution in [0, 0.1) is 5.41 Å². The summed E-state index contributed by atoms with van der Waals surface area (Å²) in [7, 11) is 0. The van der Waals surface area contributed by atoms with Crippen LogP contribution in [-0.4, -0.2) is 41.2 Å². The summed E-state index contributed by atoms with van der Waals surface area (Å²) in [4.78, 5) is 36.6. The smallest absolute Gasteiger partial charge is 0.249 e. The number of nitrogens with one attached hydrogen (secondary N) is 1. The number of nitrogens with two attached hydrogens (primary N) is 1. The summed E-state index contributed by atoms with van der Waals surface area (Å²) in [5, 5.41) is 2.25. The summed E-state index contributed by atoms with van der Waals surface area (Å²) in [5.74, 6) is -1.08. The van der Waals surface area contributed by atoms with Crippen LogP contribution in [0.15, 0.2) is 0 Å². The van der Waals surface area contributed by atoms with E-state index in [1.165, 1.54) is 4.90 Å². The molecule has 0 bridgehead atoms. The maximum atomic E-state index is 12.2. The zero-order chi connectivity index (χ0) is 14.8. The van der Waals surface area contributed by atoms with E-state index in [0.29, 0.717) is 6.42 Å². The van der Waals surface area contributed by atoms with Gasteiger partial charge in [0.1, 0.15) is 12.6 Å². The molecule has 1 rings (SSSR count). The van der Waals surface area contributed by atoms with Gasteiger partial charge in [0.15, 0.2) is 0 Å². The molecule has 1 aliphatic rings. The van der Waals surface area contributed by atoms with Crippen molar-refractivity contribution in [2.75, 3.05) is 6.54 Å². The monoisotopic (exact) mass is 269 g/mol. The topological polar surface area (TPSA) is 92.5 Å². The molecule has 1 heterocycles. The Morgan fingerprint density at radius 3 is 2.53 bits per heavy atom. The van der Waals surface area contributed by atoms with Crippen LogP contribution in [0.1, 0.15) is 40.5 Å². The molecule has 0 spiro atoms. The van der Waals surface area contributed by atoms with Crippen LogP contribution in [0.5, 0.6) is 0 Å². The number of nitrogens with zero attached hydrogens (tertiary/aromatic N) is 1. The number of carbonyl (C=O) groups excluding carboxylic acids is 3. The maximum absolute atomic E-state index is 12.2. The van der Waals surface area contributed by atoms with Crippen LogP contribution in [0.3, 0.4) is 0 Å². The second kappa shape index (κ2) is 5.69. The predicted molar refractivity (Wildman–Crippen MR) is 71.0 cm³/mol. The summed E-state index contributed by atoms with van der Waals surface area (Å²) in [6.45, 7) is 7.60. The van der Waals surface area contributed by atoms with Gasteiger partial charge >= 0.3 is 0 Å². The average molecular weight is 269 g/mol. The van der Waals surface area contributed by atoms with E-state index in [9.17, 15) is 14.4 Å². The van der Waals surface area contributed by atoms with E-state index in [0.717, 1.165) is 0 Å². The fourth-order valence-electron chi connectivity index (χ4n) is 1.95. The van der Waals surface area contributed by atoms with E-state index in [1.54, 1.807) is 0 Å². The van der Waals surface area contributed by atoms with Gasteiger partial charge in [0.25, 0.3) is 0 Å². The molecule has 0 aliphatic carbocycles. The molecule has 1 saturated heterocycles. The summed E-state index contributed by atoms with van der Waals surface area (Å²) in [5.41, 5.74) is 5.79. The highest BCUT2D eigenvalue weighted by Crippen LogP contribution is 2.21. The first-order valence-electron chi connectivity index (χ1n) is 6.55. The highest BCUT2D eigenvalue weighted by molar-refractivity contribution is 6.04. The highest BCUT2D eigenvalue weighted by atomic mass is 16.2. The molecule has 0 aromatic heterocycles. The van der Waals surface area contributed by atoms with Gasteiger partial charge in [-0.2, -0.15) is 0 Å². The zero-order valence-electron chi connectivity index (χ0n) is 12.0. The minimum atomic E-state index is -0.572. The van der Waals surface area contributed by atoms with Crippen molar-refractivity contribution in [2.45, 2.75) is 52.6 Å². The van der Waals surface area contributed by atoms with E-state index in [-0.39, 0.29) is 30.3 Å². The average Bonchev–Trinajstić information content (AvgIpc) is 2.26. The summed E-state index contributed by atoms with van der Waals surface area (Å²) in [6.07, 6.45) is 0.621. The molecule has 2 unspecified atom stereocenters. The third-order valence-electron chi connectivity index (χ3n) is 3.47. The van der Waals surface area contributed by atoms with Gasteiger partial charge in [0.05, 0.1) is 0 Å². The van der Waals surface area contributed by atoms with Crippen molar-refractivity contribution in [1.82, 2.24) is 10.2 Å². The molecule has 1 fully saturated rings. The number of amides is 3. The van der Waals surface area contributed by atoms with Crippen molar-refractivity contribution in [3.63, 3.8) is 0 Å². The number of hydrogen-bond donors (Lipinski definition) is 2. The molecule has 19 heavy (non-hydrogen) atoms. The van der Waals surface area contributed by atoms with Gasteiger partial charge in [-0.05, 0) is 11.8 Å². The van der Waals surface area contributed by atoms with Crippen LogP contribution in [0.25, 0.3) is 0 Å². The van der Waals surface area contributed by atoms with E-state index < -0.39 is 17.9 Å². The second-order valence-electron chi connectivity index (χ2n) is 6.03. The Kier molecular flexibility index (Phi) is 4.68. The Balaban J connectivity index is 2.78. The molecule has 3 amide bonds. The number of hydrogen-bond acceptors (Lipinski definition) is 4. The lowest BCUT2D eigenvalue weighted by atomic mass is 9.85. The van der Waals surface area contributed by atoms with E-state index in [2.05, 4.69) is 5.32 Å². The van der Waals surface area contributed by atoms with Gasteiger partial charge in [-0.3, -0.25) is 19.7 Å². The largest absolute Gasteiger partial charge is 0.327 e. The van der Waals surface area contributed by atoms with Crippen molar-refractivity contribution in [2.24, 2.45) is 11.1 Å². The van der Waals surface area contributed by atoms with Crippen LogP contribution < -0.4 is 11.1 Å². The van der Waals surface area contributed by atoms with Crippen molar-refractivity contribution in [3.05, 3.63) is 0 Å². The Labute approximate surface area is 113 Å². The van der Waals surface area contributed by atoms with Gasteiger partial charge in [-0.1, -0.05) is 27.7 Å². The lowest BCUT2D eigenvalue weighted by Gasteiger charge is -2.35. The molecule has 2 atom stereocenters. The third-order valence-corrected chi connectivity index (χ3v) is 3.47. The van der Waals surface area contributed by atoms with Crippen LogP contribution in [-0.2, 0) is 14.4 Å². The molecule has 0 saturated carbocycles. The predicted octanol–water partition coefficient (Wildman–Crippen LogP) is 0.0135. The van der Waals surface area contributed by atoms with Gasteiger partial charge in [0, 0.05) is 12.5 Å². The molecule has 108 valence electrons. The quantitative estimate of drug-likeness (QED) is 0.706. The molecule has 0 aromatic carbocycles. The Morgan fingerprint density at radius 2 is 2.05 bits per heavy atom. The van der Waals surface area contributed by atoms with Crippen molar-refractivity contribution < 1.29 is 14.4 Å². The lowest BCUT2D eigenvalue weighted by Crippen LogP contribution is -2.60. The van der Waals surface area contributed by atoms with E-state index in [1.807, 2.05) is 27.7 Å². The fourth-order valence-corrected chi connectivity index (χ4v) is 1.95. The number of piperazine rings is 1. The maximum Gasteiger partial charge on any atom is 0.249 e. The molecular formula is C13H23N3O3. The number of imide groups is 1. The molecule has 3 N–H and O–H groups in total. The minimum Gasteiger partial charge on any atom is -0.327 e. The Morgan fingerprint density at radius 1 is 1.47 bits per heavy atom. The highest BCUT2D eigenvalue weighted by Gasteiger charge is 2.36. The number of rotatable bonds is 3. The minimum absolute atomic E-state index is 0.0695. The third kappa shape index (κ3) is 3.76. The molecule has 6 nitrogen and oxygen atoms in total.